The molecule has 2 saturated heterocycles. The van der Waals surface area contributed by atoms with Gasteiger partial charge in [0.1, 0.15) is 5.60 Å². The summed E-state index contributed by atoms with van der Waals surface area (Å²) in [6.07, 6.45) is 5.87. The molecular weight excluding hydrogens is 238 g/mol. The van der Waals surface area contributed by atoms with Gasteiger partial charge in [-0.15, -0.1) is 0 Å². The number of fused-ring (bicyclic) bond motifs is 1. The normalized spacial score (nSPS) is 33.9. The highest BCUT2D eigenvalue weighted by molar-refractivity contribution is 6.31. The van der Waals surface area contributed by atoms with E-state index in [2.05, 4.69) is 10.00 Å². The fraction of sp³-hybridized carbons (Fsp3) is 0.750. The summed E-state index contributed by atoms with van der Waals surface area (Å²) in [7, 11) is 1.85. The molecule has 2 fully saturated rings. The Kier molecular flexibility index (Phi) is 2.69. The van der Waals surface area contributed by atoms with Crippen LogP contribution in [0.1, 0.15) is 31.4 Å². The smallest absolute Gasteiger partial charge is 0.124 e. The first-order valence-electron chi connectivity index (χ1n) is 6.27. The van der Waals surface area contributed by atoms with Gasteiger partial charge in [0.25, 0.3) is 0 Å². The molecule has 0 amide bonds. The van der Waals surface area contributed by atoms with Gasteiger partial charge in [-0.3, -0.25) is 9.58 Å². The number of hydrogen-bond donors (Lipinski definition) is 1. The molecule has 0 radical (unpaired) electrons. The SMILES string of the molecule is Cn1ncc(Cl)c1C1(O)CCN2CCCCC21. The van der Waals surface area contributed by atoms with Crippen LogP contribution in [-0.2, 0) is 12.6 Å². The molecule has 0 aromatic carbocycles. The van der Waals surface area contributed by atoms with Crippen molar-refractivity contribution in [3.63, 3.8) is 0 Å². The number of nitrogens with zero attached hydrogens (tertiary/aromatic N) is 3. The van der Waals surface area contributed by atoms with Gasteiger partial charge in [0, 0.05) is 19.6 Å². The van der Waals surface area contributed by atoms with Gasteiger partial charge in [-0.05, 0) is 25.8 Å². The highest BCUT2D eigenvalue weighted by atomic mass is 35.5. The molecule has 17 heavy (non-hydrogen) atoms. The van der Waals surface area contributed by atoms with Crippen molar-refractivity contribution in [2.24, 2.45) is 7.05 Å². The van der Waals surface area contributed by atoms with Gasteiger partial charge in [0.15, 0.2) is 0 Å². The van der Waals surface area contributed by atoms with Gasteiger partial charge < -0.3 is 5.11 Å². The third-order valence-electron chi connectivity index (χ3n) is 4.25. The van der Waals surface area contributed by atoms with E-state index in [4.69, 9.17) is 11.6 Å². The molecule has 0 bridgehead atoms. The highest BCUT2D eigenvalue weighted by Gasteiger charge is 2.50. The van der Waals surface area contributed by atoms with E-state index in [1.54, 1.807) is 10.9 Å². The molecule has 94 valence electrons. The third kappa shape index (κ3) is 1.62. The molecule has 2 atom stereocenters. The van der Waals surface area contributed by atoms with Crippen LogP contribution in [0.15, 0.2) is 6.20 Å². The summed E-state index contributed by atoms with van der Waals surface area (Å²) in [5.41, 5.74) is -0.0310. The van der Waals surface area contributed by atoms with Gasteiger partial charge in [-0.1, -0.05) is 18.0 Å². The second-order valence-corrected chi connectivity index (χ2v) is 5.59. The van der Waals surface area contributed by atoms with Crippen LogP contribution in [0.4, 0.5) is 0 Å². The monoisotopic (exact) mass is 255 g/mol. The van der Waals surface area contributed by atoms with Gasteiger partial charge >= 0.3 is 0 Å². The number of halogens is 1. The van der Waals surface area contributed by atoms with Crippen LogP contribution >= 0.6 is 11.6 Å². The molecule has 5 heteroatoms. The van der Waals surface area contributed by atoms with Crippen molar-refractivity contribution in [3.05, 3.63) is 16.9 Å². The molecule has 0 aliphatic carbocycles. The Labute approximate surface area is 106 Å². The maximum absolute atomic E-state index is 11.0. The maximum Gasteiger partial charge on any atom is 0.124 e. The van der Waals surface area contributed by atoms with Gasteiger partial charge in [-0.2, -0.15) is 5.10 Å². The summed E-state index contributed by atoms with van der Waals surface area (Å²) in [5, 5.41) is 15.8. The van der Waals surface area contributed by atoms with Crippen LogP contribution in [0, 0.1) is 0 Å². The second-order valence-electron chi connectivity index (χ2n) is 5.19. The Morgan fingerprint density at radius 3 is 3.00 bits per heavy atom. The van der Waals surface area contributed by atoms with Crippen molar-refractivity contribution in [2.75, 3.05) is 13.1 Å². The van der Waals surface area contributed by atoms with E-state index in [0.29, 0.717) is 5.02 Å². The van der Waals surface area contributed by atoms with E-state index in [0.717, 1.165) is 31.6 Å². The Morgan fingerprint density at radius 2 is 2.29 bits per heavy atom. The largest absolute Gasteiger partial charge is 0.382 e. The predicted molar refractivity (Wildman–Crippen MR) is 65.9 cm³/mol. The number of aromatic nitrogens is 2. The molecular formula is C12H18ClN3O. The highest BCUT2D eigenvalue weighted by Crippen LogP contribution is 2.43. The molecule has 4 nitrogen and oxygen atoms in total. The van der Waals surface area contributed by atoms with E-state index in [-0.39, 0.29) is 6.04 Å². The quantitative estimate of drug-likeness (QED) is 0.827. The minimum absolute atomic E-state index is 0.212. The zero-order valence-corrected chi connectivity index (χ0v) is 10.8. The van der Waals surface area contributed by atoms with Crippen LogP contribution < -0.4 is 0 Å². The Morgan fingerprint density at radius 1 is 1.47 bits per heavy atom. The summed E-state index contributed by atoms with van der Waals surface area (Å²) in [4.78, 5) is 2.40. The summed E-state index contributed by atoms with van der Waals surface area (Å²) in [5.74, 6) is 0. The zero-order chi connectivity index (χ0) is 12.0. The van der Waals surface area contributed by atoms with Crippen molar-refractivity contribution in [1.29, 1.82) is 0 Å². The van der Waals surface area contributed by atoms with Crippen molar-refractivity contribution in [1.82, 2.24) is 14.7 Å². The molecule has 3 heterocycles. The van der Waals surface area contributed by atoms with E-state index in [1.165, 1.54) is 12.8 Å². The summed E-state index contributed by atoms with van der Waals surface area (Å²) in [6, 6.07) is 0.212. The van der Waals surface area contributed by atoms with E-state index < -0.39 is 5.60 Å². The molecule has 0 saturated carbocycles. The first kappa shape index (κ1) is 11.5. The molecule has 2 unspecified atom stereocenters. The van der Waals surface area contributed by atoms with Gasteiger partial charge in [-0.25, -0.2) is 0 Å². The lowest BCUT2D eigenvalue weighted by Crippen LogP contribution is -2.46. The topological polar surface area (TPSA) is 41.3 Å². The Balaban J connectivity index is 2.01. The number of rotatable bonds is 1. The molecule has 2 aliphatic rings. The summed E-state index contributed by atoms with van der Waals surface area (Å²) < 4.78 is 1.72. The van der Waals surface area contributed by atoms with Crippen LogP contribution in [0.3, 0.4) is 0 Å². The summed E-state index contributed by atoms with van der Waals surface area (Å²) in [6.45, 7) is 2.06. The molecule has 1 aromatic heterocycles. The minimum atomic E-state index is -0.817. The zero-order valence-electron chi connectivity index (χ0n) is 10.1. The van der Waals surface area contributed by atoms with Crippen molar-refractivity contribution in [2.45, 2.75) is 37.3 Å². The first-order valence-corrected chi connectivity index (χ1v) is 6.65. The lowest BCUT2D eigenvalue weighted by molar-refractivity contribution is -0.0200. The Bertz CT molecular complexity index is 414. The van der Waals surface area contributed by atoms with Gasteiger partial charge in [0.2, 0.25) is 0 Å². The van der Waals surface area contributed by atoms with E-state index in [1.807, 2.05) is 7.05 Å². The van der Waals surface area contributed by atoms with Gasteiger partial charge in [0.05, 0.1) is 16.9 Å². The second kappa shape index (κ2) is 3.97. The lowest BCUT2D eigenvalue weighted by atomic mass is 9.86. The summed E-state index contributed by atoms with van der Waals surface area (Å²) >= 11 is 6.18. The van der Waals surface area contributed by atoms with Crippen LogP contribution in [0.25, 0.3) is 0 Å². The molecule has 0 spiro atoms. The number of aliphatic hydroxyl groups is 1. The fourth-order valence-electron chi connectivity index (χ4n) is 3.45. The van der Waals surface area contributed by atoms with Crippen molar-refractivity contribution >= 4 is 11.6 Å². The standard InChI is InChI=1S/C12H18ClN3O/c1-15-11(9(13)8-14-15)12(17)5-7-16-6-3-2-4-10(12)16/h8,10,17H,2-7H2,1H3. The van der Waals surface area contributed by atoms with Crippen molar-refractivity contribution in [3.8, 4) is 0 Å². The fourth-order valence-corrected chi connectivity index (χ4v) is 3.78. The number of aryl methyl sites for hydroxylation is 1. The third-order valence-corrected chi connectivity index (χ3v) is 4.53. The molecule has 1 N–H and O–H groups in total. The predicted octanol–water partition coefficient (Wildman–Crippen LogP) is 1.52. The molecule has 3 rings (SSSR count). The number of hydrogen-bond acceptors (Lipinski definition) is 3. The average molecular weight is 256 g/mol. The molecule has 2 aliphatic heterocycles. The Hall–Kier alpha value is -0.580. The first-order chi connectivity index (χ1) is 8.13. The van der Waals surface area contributed by atoms with Crippen LogP contribution in [0.5, 0.6) is 0 Å². The van der Waals surface area contributed by atoms with Crippen LogP contribution in [0.2, 0.25) is 5.02 Å². The number of piperidine rings is 1. The lowest BCUT2D eigenvalue weighted by Gasteiger charge is -2.37. The molecule has 1 aromatic rings. The van der Waals surface area contributed by atoms with E-state index >= 15 is 0 Å². The van der Waals surface area contributed by atoms with Crippen LogP contribution in [-0.4, -0.2) is 38.9 Å². The minimum Gasteiger partial charge on any atom is -0.382 e. The maximum atomic E-state index is 11.0. The van der Waals surface area contributed by atoms with Crippen molar-refractivity contribution < 1.29 is 5.11 Å². The average Bonchev–Trinajstić information content (AvgIpc) is 2.83. The van der Waals surface area contributed by atoms with E-state index in [9.17, 15) is 5.11 Å².